The molecule has 1 atom stereocenters. The zero-order chi connectivity index (χ0) is 18.2. The molecule has 0 saturated carbocycles. The van der Waals surface area contributed by atoms with Gasteiger partial charge in [0.05, 0.1) is 26.4 Å². The maximum Gasteiger partial charge on any atom is 0.258 e. The number of amides is 1. The topological polar surface area (TPSA) is 60.0 Å². The summed E-state index contributed by atoms with van der Waals surface area (Å²) >= 11 is 1.67. The Hall–Kier alpha value is -2.09. The Morgan fingerprint density at radius 2 is 1.96 bits per heavy atom. The number of carbonyl (C=O) groups is 1. The summed E-state index contributed by atoms with van der Waals surface area (Å²) in [6.07, 6.45) is 0. The third kappa shape index (κ3) is 5.20. The number of hydrogen-bond acceptors (Lipinski definition) is 6. The lowest BCUT2D eigenvalue weighted by Gasteiger charge is -2.34. The highest BCUT2D eigenvalue weighted by Crippen LogP contribution is 2.23. The quantitative estimate of drug-likeness (QED) is 0.766. The maximum atomic E-state index is 12.2. The Bertz CT molecular complexity index is 669. The smallest absolute Gasteiger partial charge is 0.258 e. The second-order valence-electron chi connectivity index (χ2n) is 5.99. The number of carbonyl (C=O) groups excluding carboxylic acids is 1. The fourth-order valence-electron chi connectivity index (χ4n) is 2.89. The van der Waals surface area contributed by atoms with E-state index >= 15 is 0 Å². The third-order valence-corrected chi connectivity index (χ3v) is 5.04. The molecule has 1 aliphatic rings. The molecule has 1 aromatic carbocycles. The van der Waals surface area contributed by atoms with Gasteiger partial charge >= 0.3 is 0 Å². The summed E-state index contributed by atoms with van der Waals surface area (Å²) in [5, 5.41) is 7.20. The van der Waals surface area contributed by atoms with Crippen LogP contribution in [0.25, 0.3) is 0 Å². The molecule has 140 valence electrons. The summed E-state index contributed by atoms with van der Waals surface area (Å²) in [4.78, 5) is 14.6. The molecule has 2 aromatic rings. The standard InChI is InChI=1S/C19H24N2O4S/c1-23-16-2-4-17(5-3-16)25-13-19(22)20-12-18(15-6-11-26-14-15)21-7-9-24-10-8-21/h2-6,11,14,18H,7-10,12-13H2,1H3,(H,20,22)/t18-/m1/s1. The third-order valence-electron chi connectivity index (χ3n) is 4.34. The van der Waals surface area contributed by atoms with E-state index in [2.05, 4.69) is 27.0 Å². The van der Waals surface area contributed by atoms with Gasteiger partial charge < -0.3 is 19.5 Å². The summed E-state index contributed by atoms with van der Waals surface area (Å²) in [5.41, 5.74) is 1.23. The van der Waals surface area contributed by atoms with Gasteiger partial charge in [0.25, 0.3) is 5.91 Å². The van der Waals surface area contributed by atoms with E-state index in [1.165, 1.54) is 5.56 Å². The highest BCUT2D eigenvalue weighted by molar-refractivity contribution is 7.07. The van der Waals surface area contributed by atoms with E-state index in [0.29, 0.717) is 12.3 Å². The van der Waals surface area contributed by atoms with Crippen molar-refractivity contribution in [1.29, 1.82) is 0 Å². The Balaban J connectivity index is 1.50. The zero-order valence-corrected chi connectivity index (χ0v) is 15.7. The molecule has 1 saturated heterocycles. The first-order valence-corrected chi connectivity index (χ1v) is 9.58. The van der Waals surface area contributed by atoms with E-state index in [-0.39, 0.29) is 18.6 Å². The molecular weight excluding hydrogens is 352 g/mol. The van der Waals surface area contributed by atoms with Gasteiger partial charge in [0.15, 0.2) is 6.61 Å². The lowest BCUT2D eigenvalue weighted by Crippen LogP contribution is -2.44. The molecule has 0 unspecified atom stereocenters. The number of benzene rings is 1. The molecule has 7 heteroatoms. The Labute approximate surface area is 157 Å². The van der Waals surface area contributed by atoms with Crippen LogP contribution < -0.4 is 14.8 Å². The van der Waals surface area contributed by atoms with Crippen LogP contribution in [0.15, 0.2) is 41.1 Å². The number of hydrogen-bond donors (Lipinski definition) is 1. The zero-order valence-electron chi connectivity index (χ0n) is 14.8. The van der Waals surface area contributed by atoms with Gasteiger partial charge in [-0.25, -0.2) is 0 Å². The van der Waals surface area contributed by atoms with Crippen molar-refractivity contribution in [1.82, 2.24) is 10.2 Å². The number of thiophene rings is 1. The van der Waals surface area contributed by atoms with Crippen LogP contribution in [0.1, 0.15) is 11.6 Å². The molecule has 0 aliphatic carbocycles. The minimum Gasteiger partial charge on any atom is -0.497 e. The first kappa shape index (κ1) is 18.7. The van der Waals surface area contributed by atoms with E-state index in [0.717, 1.165) is 32.1 Å². The summed E-state index contributed by atoms with van der Waals surface area (Å²) in [7, 11) is 1.61. The largest absolute Gasteiger partial charge is 0.497 e. The predicted octanol–water partition coefficient (Wildman–Crippen LogP) is 2.33. The van der Waals surface area contributed by atoms with Crippen LogP contribution in [0, 0.1) is 0 Å². The van der Waals surface area contributed by atoms with Gasteiger partial charge in [-0.15, -0.1) is 0 Å². The number of methoxy groups -OCH3 is 1. The van der Waals surface area contributed by atoms with Crippen molar-refractivity contribution in [3.8, 4) is 11.5 Å². The van der Waals surface area contributed by atoms with Gasteiger partial charge in [-0.05, 0) is 46.7 Å². The van der Waals surface area contributed by atoms with Crippen LogP contribution in [0.2, 0.25) is 0 Å². The van der Waals surface area contributed by atoms with Crippen LogP contribution in [-0.4, -0.2) is 57.4 Å². The van der Waals surface area contributed by atoms with E-state index in [4.69, 9.17) is 14.2 Å². The fourth-order valence-corrected chi connectivity index (χ4v) is 3.60. The molecule has 1 aromatic heterocycles. The summed E-state index contributed by atoms with van der Waals surface area (Å²) in [6.45, 7) is 3.76. The number of ether oxygens (including phenoxy) is 3. The molecule has 0 bridgehead atoms. The Morgan fingerprint density at radius 3 is 2.62 bits per heavy atom. The molecule has 1 amide bonds. The fraction of sp³-hybridized carbons (Fsp3) is 0.421. The first-order chi connectivity index (χ1) is 12.8. The van der Waals surface area contributed by atoms with E-state index in [1.54, 1.807) is 42.7 Å². The summed E-state index contributed by atoms with van der Waals surface area (Å²) in [6, 6.07) is 9.46. The van der Waals surface area contributed by atoms with Crippen molar-refractivity contribution in [3.63, 3.8) is 0 Å². The molecule has 1 fully saturated rings. The highest BCUT2D eigenvalue weighted by Gasteiger charge is 2.23. The Kier molecular flexibility index (Phi) is 6.88. The number of morpholine rings is 1. The van der Waals surface area contributed by atoms with Crippen LogP contribution in [0.3, 0.4) is 0 Å². The van der Waals surface area contributed by atoms with Gasteiger partial charge in [0.2, 0.25) is 0 Å². The molecule has 0 radical (unpaired) electrons. The SMILES string of the molecule is COc1ccc(OCC(=O)NC[C@H](c2ccsc2)N2CCOCC2)cc1. The maximum absolute atomic E-state index is 12.2. The predicted molar refractivity (Wildman–Crippen MR) is 101 cm³/mol. The van der Waals surface area contributed by atoms with E-state index in [1.807, 2.05) is 0 Å². The minimum absolute atomic E-state index is 0.00814. The highest BCUT2D eigenvalue weighted by atomic mass is 32.1. The Morgan fingerprint density at radius 1 is 1.23 bits per heavy atom. The van der Waals surface area contributed by atoms with E-state index < -0.39 is 0 Å². The summed E-state index contributed by atoms with van der Waals surface area (Å²) < 4.78 is 16.1. The van der Waals surface area contributed by atoms with Crippen molar-refractivity contribution < 1.29 is 19.0 Å². The number of nitrogens with one attached hydrogen (secondary N) is 1. The molecular formula is C19H24N2O4S. The van der Waals surface area contributed by atoms with Gasteiger partial charge in [0.1, 0.15) is 11.5 Å². The molecule has 0 spiro atoms. The molecule has 2 heterocycles. The van der Waals surface area contributed by atoms with Crippen molar-refractivity contribution in [3.05, 3.63) is 46.7 Å². The molecule has 3 rings (SSSR count). The molecule has 1 aliphatic heterocycles. The molecule has 26 heavy (non-hydrogen) atoms. The van der Waals surface area contributed by atoms with Gasteiger partial charge in [-0.3, -0.25) is 9.69 Å². The number of rotatable bonds is 8. The minimum atomic E-state index is -0.130. The second-order valence-corrected chi connectivity index (χ2v) is 6.77. The average Bonchev–Trinajstić information content (AvgIpc) is 3.22. The van der Waals surface area contributed by atoms with Gasteiger partial charge in [0, 0.05) is 19.6 Å². The van der Waals surface area contributed by atoms with Crippen molar-refractivity contribution >= 4 is 17.2 Å². The van der Waals surface area contributed by atoms with Gasteiger partial charge in [-0.1, -0.05) is 0 Å². The second kappa shape index (κ2) is 9.56. The van der Waals surface area contributed by atoms with Crippen molar-refractivity contribution in [2.24, 2.45) is 0 Å². The lowest BCUT2D eigenvalue weighted by atomic mass is 10.1. The molecule has 1 N–H and O–H groups in total. The van der Waals surface area contributed by atoms with Crippen molar-refractivity contribution in [2.45, 2.75) is 6.04 Å². The molecule has 6 nitrogen and oxygen atoms in total. The summed E-state index contributed by atoms with van der Waals surface area (Å²) in [5.74, 6) is 1.27. The number of nitrogens with zero attached hydrogens (tertiary/aromatic N) is 1. The van der Waals surface area contributed by atoms with Crippen LogP contribution in [-0.2, 0) is 9.53 Å². The van der Waals surface area contributed by atoms with Crippen LogP contribution in [0.5, 0.6) is 11.5 Å². The van der Waals surface area contributed by atoms with Gasteiger partial charge in [-0.2, -0.15) is 11.3 Å². The van der Waals surface area contributed by atoms with E-state index in [9.17, 15) is 4.79 Å². The first-order valence-electron chi connectivity index (χ1n) is 8.63. The van der Waals surface area contributed by atoms with Crippen LogP contribution in [0.4, 0.5) is 0 Å². The van der Waals surface area contributed by atoms with Crippen molar-refractivity contribution in [2.75, 3.05) is 46.6 Å². The van der Waals surface area contributed by atoms with Crippen LogP contribution >= 0.6 is 11.3 Å². The normalized spacial score (nSPS) is 16.0. The monoisotopic (exact) mass is 376 g/mol. The average molecular weight is 376 g/mol. The lowest BCUT2D eigenvalue weighted by molar-refractivity contribution is -0.123.